The smallest absolute Gasteiger partial charge is 0.261 e. The van der Waals surface area contributed by atoms with Gasteiger partial charge >= 0.3 is 0 Å². The van der Waals surface area contributed by atoms with Gasteiger partial charge in [-0.2, -0.15) is 0 Å². The summed E-state index contributed by atoms with van der Waals surface area (Å²) in [5, 5.41) is 6.85. The number of amides is 2. The van der Waals surface area contributed by atoms with E-state index in [1.165, 1.54) is 42.6 Å². The monoisotopic (exact) mass is 353 g/mol. The molecule has 0 unspecified atom stereocenters. The van der Waals surface area contributed by atoms with Crippen LogP contribution in [0.5, 0.6) is 0 Å². The van der Waals surface area contributed by atoms with Crippen LogP contribution in [0.25, 0.3) is 0 Å². The van der Waals surface area contributed by atoms with Gasteiger partial charge in [-0.15, -0.1) is 11.3 Å². The lowest BCUT2D eigenvalue weighted by atomic mass is 10.3. The van der Waals surface area contributed by atoms with Gasteiger partial charge in [-0.3, -0.25) is 9.59 Å². The number of anilines is 1. The van der Waals surface area contributed by atoms with Gasteiger partial charge in [-0.05, 0) is 42.8 Å². The molecule has 0 aliphatic carbocycles. The fourth-order valence-corrected chi connectivity index (χ4v) is 3.07. The number of hydrogen-bond acceptors (Lipinski definition) is 5. The standard InChI is InChI=1S/C14H15N3O4S2/c1-15-23(20,21)11-6-4-10(5-7-11)17-13(18)9-16-14(19)12-3-2-8-22-12/h2-8,15H,9H2,1H3,(H,16,19)(H,17,18). The number of rotatable bonds is 6. The van der Waals surface area contributed by atoms with Gasteiger partial charge in [0.05, 0.1) is 16.3 Å². The minimum absolute atomic E-state index is 0.101. The van der Waals surface area contributed by atoms with E-state index in [9.17, 15) is 18.0 Å². The van der Waals surface area contributed by atoms with E-state index in [1.807, 2.05) is 0 Å². The first-order chi connectivity index (χ1) is 10.9. The van der Waals surface area contributed by atoms with E-state index in [-0.39, 0.29) is 17.3 Å². The van der Waals surface area contributed by atoms with E-state index >= 15 is 0 Å². The second kappa shape index (κ2) is 7.36. The maximum Gasteiger partial charge on any atom is 0.261 e. The maximum absolute atomic E-state index is 11.8. The summed E-state index contributed by atoms with van der Waals surface area (Å²) in [5.41, 5.74) is 0.440. The molecule has 0 saturated heterocycles. The van der Waals surface area contributed by atoms with Crippen LogP contribution in [0.15, 0.2) is 46.7 Å². The van der Waals surface area contributed by atoms with Gasteiger partial charge in [0, 0.05) is 5.69 Å². The molecule has 0 bridgehead atoms. The van der Waals surface area contributed by atoms with Crippen LogP contribution < -0.4 is 15.4 Å². The average molecular weight is 353 g/mol. The molecule has 1 heterocycles. The average Bonchev–Trinajstić information content (AvgIpc) is 3.07. The van der Waals surface area contributed by atoms with E-state index in [0.29, 0.717) is 10.6 Å². The number of carbonyl (C=O) groups is 2. The van der Waals surface area contributed by atoms with Crippen LogP contribution in [-0.4, -0.2) is 33.8 Å². The van der Waals surface area contributed by atoms with Gasteiger partial charge in [-0.25, -0.2) is 13.1 Å². The minimum atomic E-state index is -3.51. The van der Waals surface area contributed by atoms with Crippen LogP contribution in [-0.2, 0) is 14.8 Å². The van der Waals surface area contributed by atoms with Crippen molar-refractivity contribution in [3.05, 3.63) is 46.7 Å². The number of nitrogens with one attached hydrogen (secondary N) is 3. The zero-order valence-electron chi connectivity index (χ0n) is 12.2. The second-order valence-electron chi connectivity index (χ2n) is 4.44. The van der Waals surface area contributed by atoms with Crippen LogP contribution in [0.1, 0.15) is 9.67 Å². The largest absolute Gasteiger partial charge is 0.342 e. The summed E-state index contributed by atoms with van der Waals surface area (Å²) in [7, 11) is -2.19. The molecule has 0 fully saturated rings. The number of hydrogen-bond donors (Lipinski definition) is 3. The molecule has 0 aliphatic heterocycles. The third kappa shape index (κ3) is 4.62. The lowest BCUT2D eigenvalue weighted by molar-refractivity contribution is -0.115. The SMILES string of the molecule is CNS(=O)(=O)c1ccc(NC(=O)CNC(=O)c2cccs2)cc1. The highest BCUT2D eigenvalue weighted by molar-refractivity contribution is 7.89. The van der Waals surface area contributed by atoms with Crippen molar-refractivity contribution in [1.29, 1.82) is 0 Å². The molecular weight excluding hydrogens is 338 g/mol. The molecule has 0 radical (unpaired) electrons. The van der Waals surface area contributed by atoms with E-state index in [1.54, 1.807) is 17.5 Å². The zero-order chi connectivity index (χ0) is 16.9. The van der Waals surface area contributed by atoms with Crippen molar-refractivity contribution in [2.75, 3.05) is 18.9 Å². The fraction of sp³-hybridized carbons (Fsp3) is 0.143. The first-order valence-corrected chi connectivity index (χ1v) is 8.94. The lowest BCUT2D eigenvalue weighted by Gasteiger charge is -2.07. The Kier molecular flexibility index (Phi) is 5.48. The third-order valence-electron chi connectivity index (χ3n) is 2.87. The Labute approximate surface area is 137 Å². The van der Waals surface area contributed by atoms with Gasteiger partial charge in [0.15, 0.2) is 0 Å². The molecule has 7 nitrogen and oxygen atoms in total. The minimum Gasteiger partial charge on any atom is -0.342 e. The third-order valence-corrected chi connectivity index (χ3v) is 5.17. The van der Waals surface area contributed by atoms with Crippen molar-refractivity contribution in [2.45, 2.75) is 4.90 Å². The number of sulfonamides is 1. The van der Waals surface area contributed by atoms with Crippen LogP contribution in [0.4, 0.5) is 5.69 Å². The Balaban J connectivity index is 1.89. The van der Waals surface area contributed by atoms with Crippen LogP contribution in [0, 0.1) is 0 Å². The number of carbonyl (C=O) groups excluding carboxylic acids is 2. The fourth-order valence-electron chi connectivity index (χ4n) is 1.70. The number of thiophene rings is 1. The topological polar surface area (TPSA) is 104 Å². The van der Waals surface area contributed by atoms with E-state index in [0.717, 1.165) is 0 Å². The maximum atomic E-state index is 11.8. The summed E-state index contributed by atoms with van der Waals surface area (Å²) in [6.45, 7) is -0.173. The van der Waals surface area contributed by atoms with E-state index < -0.39 is 15.9 Å². The Morgan fingerprint density at radius 2 is 1.83 bits per heavy atom. The predicted octanol–water partition coefficient (Wildman–Crippen LogP) is 1.02. The van der Waals surface area contributed by atoms with E-state index in [2.05, 4.69) is 15.4 Å². The Bertz CT molecular complexity index is 784. The Morgan fingerprint density at radius 1 is 1.13 bits per heavy atom. The summed E-state index contributed by atoms with van der Waals surface area (Å²) < 4.78 is 25.4. The van der Waals surface area contributed by atoms with Crippen molar-refractivity contribution in [2.24, 2.45) is 0 Å². The Hall–Kier alpha value is -2.23. The summed E-state index contributed by atoms with van der Waals surface area (Å²) in [4.78, 5) is 24.1. The lowest BCUT2D eigenvalue weighted by Crippen LogP contribution is -2.32. The van der Waals surface area contributed by atoms with Crippen LogP contribution >= 0.6 is 11.3 Å². The van der Waals surface area contributed by atoms with Crippen molar-refractivity contribution in [1.82, 2.24) is 10.0 Å². The highest BCUT2D eigenvalue weighted by atomic mass is 32.2. The Morgan fingerprint density at radius 3 is 2.39 bits per heavy atom. The molecule has 1 aromatic heterocycles. The summed E-state index contributed by atoms with van der Waals surface area (Å²) in [5.74, 6) is -0.718. The first kappa shape index (κ1) is 17.1. The molecule has 0 atom stereocenters. The van der Waals surface area contributed by atoms with Gasteiger partial charge in [0.1, 0.15) is 0 Å². The molecule has 2 aromatic rings. The molecule has 0 spiro atoms. The van der Waals surface area contributed by atoms with Gasteiger partial charge < -0.3 is 10.6 Å². The van der Waals surface area contributed by atoms with Crippen molar-refractivity contribution >= 4 is 38.9 Å². The summed E-state index contributed by atoms with van der Waals surface area (Å²) >= 11 is 1.29. The van der Waals surface area contributed by atoms with Crippen molar-refractivity contribution < 1.29 is 18.0 Å². The molecule has 2 rings (SSSR count). The molecule has 9 heteroatoms. The highest BCUT2D eigenvalue weighted by Crippen LogP contribution is 2.13. The molecular formula is C14H15N3O4S2. The van der Waals surface area contributed by atoms with Crippen LogP contribution in [0.2, 0.25) is 0 Å². The molecule has 23 heavy (non-hydrogen) atoms. The summed E-state index contributed by atoms with van der Waals surface area (Å²) in [6.07, 6.45) is 0. The van der Waals surface area contributed by atoms with Gasteiger partial charge in [-0.1, -0.05) is 6.07 Å². The van der Waals surface area contributed by atoms with Crippen LogP contribution in [0.3, 0.4) is 0 Å². The van der Waals surface area contributed by atoms with Gasteiger partial charge in [0.25, 0.3) is 5.91 Å². The summed E-state index contributed by atoms with van der Waals surface area (Å²) in [6, 6.07) is 9.13. The second-order valence-corrected chi connectivity index (χ2v) is 7.27. The normalized spacial score (nSPS) is 11.0. The van der Waals surface area contributed by atoms with Crippen molar-refractivity contribution in [3.63, 3.8) is 0 Å². The molecule has 0 aliphatic rings. The molecule has 1 aromatic carbocycles. The molecule has 0 saturated carbocycles. The highest BCUT2D eigenvalue weighted by Gasteiger charge is 2.12. The first-order valence-electron chi connectivity index (χ1n) is 6.57. The quantitative estimate of drug-likeness (QED) is 0.721. The molecule has 122 valence electrons. The van der Waals surface area contributed by atoms with E-state index in [4.69, 9.17) is 0 Å². The van der Waals surface area contributed by atoms with Crippen molar-refractivity contribution in [3.8, 4) is 0 Å². The predicted molar refractivity (Wildman–Crippen MR) is 88.0 cm³/mol. The molecule has 3 N–H and O–H groups in total. The number of benzene rings is 1. The zero-order valence-corrected chi connectivity index (χ0v) is 13.8. The molecule has 2 amide bonds. The van der Waals surface area contributed by atoms with Gasteiger partial charge in [0.2, 0.25) is 15.9 Å².